The fourth-order valence-electron chi connectivity index (χ4n) is 2.87. The molecule has 6 heteroatoms. The summed E-state index contributed by atoms with van der Waals surface area (Å²) < 4.78 is 0. The van der Waals surface area contributed by atoms with E-state index < -0.39 is 0 Å². The first-order chi connectivity index (χ1) is 9.75. The number of carbonyl (C=O) groups is 2. The average Bonchev–Trinajstić information content (AvgIpc) is 2.94. The maximum absolute atomic E-state index is 12.3. The van der Waals surface area contributed by atoms with Gasteiger partial charge in [0.1, 0.15) is 5.69 Å². The number of likely N-dealkylation sites (tertiary alicyclic amines) is 1. The zero-order valence-corrected chi connectivity index (χ0v) is 11.3. The van der Waals surface area contributed by atoms with Gasteiger partial charge in [-0.25, -0.2) is 4.79 Å². The van der Waals surface area contributed by atoms with Crippen molar-refractivity contribution in [2.24, 2.45) is 0 Å². The van der Waals surface area contributed by atoms with Gasteiger partial charge in [-0.3, -0.25) is 9.78 Å². The largest absolute Gasteiger partial charge is 0.337 e. The lowest BCUT2D eigenvalue weighted by Crippen LogP contribution is -2.47. The molecule has 106 valence electrons. The molecule has 0 atom stereocenters. The summed E-state index contributed by atoms with van der Waals surface area (Å²) in [6.07, 6.45) is 3.31. The number of amides is 3. The number of hydrogen-bond acceptors (Lipinski definition) is 3. The Morgan fingerprint density at radius 2 is 2.05 bits per heavy atom. The van der Waals surface area contributed by atoms with Gasteiger partial charge in [0.15, 0.2) is 0 Å². The summed E-state index contributed by atoms with van der Waals surface area (Å²) in [4.78, 5) is 31.7. The van der Waals surface area contributed by atoms with Crippen LogP contribution in [-0.4, -0.2) is 58.9 Å². The normalized spacial score (nSPS) is 20.1. The highest BCUT2D eigenvalue weighted by molar-refractivity contribution is 5.92. The molecule has 0 saturated carbocycles. The molecule has 0 spiro atoms. The van der Waals surface area contributed by atoms with Crippen molar-refractivity contribution in [1.29, 1.82) is 0 Å². The predicted octanol–water partition coefficient (Wildman–Crippen LogP) is 0.711. The van der Waals surface area contributed by atoms with Gasteiger partial charge in [-0.2, -0.15) is 0 Å². The fraction of sp³-hybridized carbons (Fsp3) is 0.500. The van der Waals surface area contributed by atoms with E-state index in [-0.39, 0.29) is 18.0 Å². The lowest BCUT2D eigenvalue weighted by atomic mass is 10.0. The fourth-order valence-corrected chi connectivity index (χ4v) is 2.87. The van der Waals surface area contributed by atoms with Crippen LogP contribution in [0.3, 0.4) is 0 Å². The van der Waals surface area contributed by atoms with E-state index in [9.17, 15) is 9.59 Å². The molecular weight excluding hydrogens is 256 g/mol. The van der Waals surface area contributed by atoms with Gasteiger partial charge in [0.25, 0.3) is 5.91 Å². The second-order valence-electron chi connectivity index (χ2n) is 5.16. The quantitative estimate of drug-likeness (QED) is 0.864. The number of hydrogen-bond donors (Lipinski definition) is 1. The van der Waals surface area contributed by atoms with Crippen LogP contribution >= 0.6 is 0 Å². The van der Waals surface area contributed by atoms with E-state index in [0.717, 1.165) is 25.9 Å². The van der Waals surface area contributed by atoms with Crippen molar-refractivity contribution < 1.29 is 9.59 Å². The Bertz CT molecular complexity index is 497. The second kappa shape index (κ2) is 5.48. The summed E-state index contributed by atoms with van der Waals surface area (Å²) in [7, 11) is 0. The maximum Gasteiger partial charge on any atom is 0.317 e. The summed E-state index contributed by atoms with van der Waals surface area (Å²) in [6.45, 7) is 2.87. The molecule has 3 heterocycles. The number of aromatic nitrogens is 1. The van der Waals surface area contributed by atoms with Crippen molar-refractivity contribution in [1.82, 2.24) is 20.1 Å². The predicted molar refractivity (Wildman–Crippen MR) is 73.3 cm³/mol. The molecular formula is C14H18N4O2. The average molecular weight is 274 g/mol. The Labute approximate surface area is 117 Å². The molecule has 3 amide bonds. The Kier molecular flexibility index (Phi) is 3.54. The number of pyridine rings is 1. The molecule has 6 nitrogen and oxygen atoms in total. The highest BCUT2D eigenvalue weighted by atomic mass is 16.2. The van der Waals surface area contributed by atoms with E-state index in [1.807, 2.05) is 15.9 Å². The molecule has 0 aliphatic carbocycles. The van der Waals surface area contributed by atoms with Gasteiger partial charge in [0.2, 0.25) is 0 Å². The zero-order chi connectivity index (χ0) is 13.9. The Morgan fingerprint density at radius 3 is 2.65 bits per heavy atom. The van der Waals surface area contributed by atoms with Crippen molar-refractivity contribution in [2.45, 2.75) is 18.9 Å². The third-order valence-electron chi connectivity index (χ3n) is 3.97. The molecule has 3 rings (SSSR count). The second-order valence-corrected chi connectivity index (χ2v) is 5.16. The zero-order valence-electron chi connectivity index (χ0n) is 11.3. The standard InChI is InChI=1S/C14H18N4O2/c19-13(12-3-1-2-6-15-12)17-8-4-11(5-9-17)18-10-7-16-14(18)20/h1-3,6,11H,4-5,7-10H2,(H,16,20). The van der Waals surface area contributed by atoms with E-state index in [2.05, 4.69) is 10.3 Å². The van der Waals surface area contributed by atoms with E-state index >= 15 is 0 Å². The van der Waals surface area contributed by atoms with Gasteiger partial charge >= 0.3 is 6.03 Å². The van der Waals surface area contributed by atoms with Crippen LogP contribution in [0.15, 0.2) is 24.4 Å². The van der Waals surface area contributed by atoms with Gasteiger partial charge in [-0.15, -0.1) is 0 Å². The minimum Gasteiger partial charge on any atom is -0.337 e. The number of rotatable bonds is 2. The van der Waals surface area contributed by atoms with E-state index in [4.69, 9.17) is 0 Å². The van der Waals surface area contributed by atoms with E-state index in [1.165, 1.54) is 0 Å². The number of nitrogens with one attached hydrogen (secondary N) is 1. The van der Waals surface area contributed by atoms with Crippen LogP contribution in [0.1, 0.15) is 23.3 Å². The highest BCUT2D eigenvalue weighted by Crippen LogP contribution is 2.19. The van der Waals surface area contributed by atoms with Crippen LogP contribution in [0.2, 0.25) is 0 Å². The molecule has 2 fully saturated rings. The Hall–Kier alpha value is -2.11. The van der Waals surface area contributed by atoms with Crippen molar-refractivity contribution >= 4 is 11.9 Å². The van der Waals surface area contributed by atoms with Crippen LogP contribution in [0.25, 0.3) is 0 Å². The van der Waals surface area contributed by atoms with Crippen molar-refractivity contribution in [3.63, 3.8) is 0 Å². The minimum absolute atomic E-state index is 0.0186. The Balaban J connectivity index is 1.58. The van der Waals surface area contributed by atoms with Crippen molar-refractivity contribution in [3.8, 4) is 0 Å². The third kappa shape index (κ3) is 2.45. The van der Waals surface area contributed by atoms with Crippen LogP contribution in [0, 0.1) is 0 Å². The van der Waals surface area contributed by atoms with Gasteiger partial charge in [-0.1, -0.05) is 6.07 Å². The van der Waals surface area contributed by atoms with Crippen LogP contribution in [-0.2, 0) is 0 Å². The molecule has 2 aliphatic heterocycles. The molecule has 1 N–H and O–H groups in total. The first-order valence-corrected chi connectivity index (χ1v) is 7.00. The molecule has 0 aromatic carbocycles. The van der Waals surface area contributed by atoms with Crippen LogP contribution < -0.4 is 5.32 Å². The number of nitrogens with zero attached hydrogens (tertiary/aromatic N) is 3. The molecule has 20 heavy (non-hydrogen) atoms. The van der Waals surface area contributed by atoms with Crippen LogP contribution in [0.5, 0.6) is 0 Å². The summed E-state index contributed by atoms with van der Waals surface area (Å²) in [5.74, 6) is -0.0186. The number of carbonyl (C=O) groups excluding carboxylic acids is 2. The lowest BCUT2D eigenvalue weighted by Gasteiger charge is -2.35. The third-order valence-corrected chi connectivity index (χ3v) is 3.97. The lowest BCUT2D eigenvalue weighted by molar-refractivity contribution is 0.0660. The monoisotopic (exact) mass is 274 g/mol. The first-order valence-electron chi connectivity index (χ1n) is 7.00. The SMILES string of the molecule is O=C(c1ccccn1)N1CCC(N2CCNC2=O)CC1. The van der Waals surface area contributed by atoms with Crippen LogP contribution in [0.4, 0.5) is 4.79 Å². The molecule has 0 unspecified atom stereocenters. The molecule has 2 aliphatic rings. The smallest absolute Gasteiger partial charge is 0.317 e. The summed E-state index contributed by atoms with van der Waals surface area (Å²) >= 11 is 0. The van der Waals surface area contributed by atoms with Gasteiger partial charge < -0.3 is 15.1 Å². The van der Waals surface area contributed by atoms with Gasteiger partial charge in [0.05, 0.1) is 0 Å². The van der Waals surface area contributed by atoms with Gasteiger partial charge in [-0.05, 0) is 25.0 Å². The summed E-state index contributed by atoms with van der Waals surface area (Å²) in [6, 6.07) is 5.64. The molecule has 0 bridgehead atoms. The minimum atomic E-state index is -0.0186. The molecule has 0 radical (unpaired) electrons. The number of urea groups is 1. The summed E-state index contributed by atoms with van der Waals surface area (Å²) in [5.41, 5.74) is 0.491. The Morgan fingerprint density at radius 1 is 1.25 bits per heavy atom. The van der Waals surface area contributed by atoms with E-state index in [0.29, 0.717) is 18.8 Å². The van der Waals surface area contributed by atoms with Crippen molar-refractivity contribution in [2.75, 3.05) is 26.2 Å². The summed E-state index contributed by atoms with van der Waals surface area (Å²) in [5, 5.41) is 2.82. The molecule has 1 aromatic heterocycles. The van der Waals surface area contributed by atoms with Crippen molar-refractivity contribution in [3.05, 3.63) is 30.1 Å². The first kappa shape index (κ1) is 12.9. The molecule has 2 saturated heterocycles. The van der Waals surface area contributed by atoms with E-state index in [1.54, 1.807) is 18.3 Å². The topological polar surface area (TPSA) is 65.5 Å². The molecule has 1 aromatic rings. The highest BCUT2D eigenvalue weighted by Gasteiger charge is 2.32. The number of piperidine rings is 1. The van der Waals surface area contributed by atoms with Gasteiger partial charge in [0, 0.05) is 38.4 Å². The maximum atomic E-state index is 12.3.